The van der Waals surface area contributed by atoms with Crippen molar-refractivity contribution in [2.45, 2.75) is 11.8 Å². The number of hydrogen-bond donors (Lipinski definition) is 0. The molecule has 0 saturated heterocycles. The van der Waals surface area contributed by atoms with Gasteiger partial charge in [0.1, 0.15) is 0 Å². The molecule has 0 atom stereocenters. The van der Waals surface area contributed by atoms with Crippen molar-refractivity contribution in [1.29, 1.82) is 0 Å². The Kier molecular flexibility index (Phi) is 3.03. The Bertz CT molecular complexity index is 268. The molecule has 0 N–H and O–H groups in total. The van der Waals surface area contributed by atoms with Crippen molar-refractivity contribution in [1.82, 2.24) is 0 Å². The highest BCUT2D eigenvalue weighted by Gasteiger charge is 1.93. The van der Waals surface area contributed by atoms with Crippen molar-refractivity contribution < 1.29 is 0 Å². The summed E-state index contributed by atoms with van der Waals surface area (Å²) in [5.74, 6) is 0. The van der Waals surface area contributed by atoms with Gasteiger partial charge in [-0.25, -0.2) is 0 Å². The van der Waals surface area contributed by atoms with Gasteiger partial charge in [0.05, 0.1) is 0 Å². The van der Waals surface area contributed by atoms with E-state index in [-0.39, 0.29) is 0 Å². The molecule has 0 fully saturated rings. The Morgan fingerprint density at radius 1 is 1.55 bits per heavy atom. The topological polar surface area (TPSA) is 0 Å². The first kappa shape index (κ1) is 8.69. The van der Waals surface area contributed by atoms with Crippen LogP contribution in [0.1, 0.15) is 6.92 Å². The Morgan fingerprint density at radius 3 is 2.82 bits per heavy atom. The molecule has 0 aliphatic carbocycles. The average molecular weight is 185 g/mol. The number of hydrogen-bond acceptors (Lipinski definition) is 1. The smallest absolute Gasteiger partial charge is 0.0417 e. The van der Waals surface area contributed by atoms with Crippen molar-refractivity contribution in [3.8, 4) is 0 Å². The van der Waals surface area contributed by atoms with E-state index >= 15 is 0 Å². The SMILES string of the molecule is C=C(C)Sc1cccc(Cl)c1. The van der Waals surface area contributed by atoms with Gasteiger partial charge in [0.2, 0.25) is 0 Å². The summed E-state index contributed by atoms with van der Waals surface area (Å²) >= 11 is 7.42. The first-order valence-corrected chi connectivity index (χ1v) is 4.47. The third-order valence-electron chi connectivity index (χ3n) is 1.09. The van der Waals surface area contributed by atoms with Crippen LogP contribution in [0.25, 0.3) is 0 Å². The minimum atomic E-state index is 0.774. The van der Waals surface area contributed by atoms with E-state index in [1.807, 2.05) is 31.2 Å². The van der Waals surface area contributed by atoms with Crippen LogP contribution < -0.4 is 0 Å². The number of benzene rings is 1. The second-order valence-electron chi connectivity index (χ2n) is 2.26. The molecule has 2 heteroatoms. The van der Waals surface area contributed by atoms with Crippen LogP contribution in [-0.4, -0.2) is 0 Å². The molecule has 1 aromatic rings. The lowest BCUT2D eigenvalue weighted by Gasteiger charge is -1.98. The molecule has 0 aliphatic rings. The van der Waals surface area contributed by atoms with Crippen molar-refractivity contribution in [2.24, 2.45) is 0 Å². The van der Waals surface area contributed by atoms with Crippen LogP contribution in [0, 0.1) is 0 Å². The van der Waals surface area contributed by atoms with Gasteiger partial charge < -0.3 is 0 Å². The van der Waals surface area contributed by atoms with Crippen LogP contribution in [0.3, 0.4) is 0 Å². The van der Waals surface area contributed by atoms with E-state index < -0.39 is 0 Å². The standard InChI is InChI=1S/C9H9ClS/c1-7(2)11-9-5-3-4-8(10)6-9/h3-6H,1H2,2H3. The van der Waals surface area contributed by atoms with Gasteiger partial charge in [0.25, 0.3) is 0 Å². The second-order valence-corrected chi connectivity index (χ2v) is 4.07. The Morgan fingerprint density at radius 2 is 2.27 bits per heavy atom. The molecule has 1 aromatic carbocycles. The van der Waals surface area contributed by atoms with Crippen LogP contribution in [0.5, 0.6) is 0 Å². The monoisotopic (exact) mass is 184 g/mol. The lowest BCUT2D eigenvalue weighted by Crippen LogP contribution is -1.69. The van der Waals surface area contributed by atoms with E-state index in [1.165, 1.54) is 0 Å². The molecule has 58 valence electrons. The molecule has 11 heavy (non-hydrogen) atoms. The third kappa shape index (κ3) is 3.00. The van der Waals surface area contributed by atoms with Crippen LogP contribution in [-0.2, 0) is 0 Å². The lowest BCUT2D eigenvalue weighted by atomic mass is 10.4. The van der Waals surface area contributed by atoms with Gasteiger partial charge >= 0.3 is 0 Å². The zero-order chi connectivity index (χ0) is 8.27. The first-order chi connectivity index (χ1) is 5.18. The minimum absolute atomic E-state index is 0.774. The van der Waals surface area contributed by atoms with Crippen molar-refractivity contribution in [3.63, 3.8) is 0 Å². The third-order valence-corrected chi connectivity index (χ3v) is 2.16. The summed E-state index contributed by atoms with van der Waals surface area (Å²) in [5, 5.41) is 0.774. The quantitative estimate of drug-likeness (QED) is 0.627. The molecule has 0 aliphatic heterocycles. The normalized spacial score (nSPS) is 9.64. The largest absolute Gasteiger partial charge is 0.0954 e. The highest BCUT2D eigenvalue weighted by Crippen LogP contribution is 2.26. The molecule has 0 amide bonds. The summed E-state index contributed by atoms with van der Waals surface area (Å²) in [5.41, 5.74) is 0. The van der Waals surface area contributed by atoms with Crippen molar-refractivity contribution in [2.75, 3.05) is 0 Å². The highest BCUT2D eigenvalue weighted by atomic mass is 35.5. The van der Waals surface area contributed by atoms with Gasteiger partial charge in [0, 0.05) is 9.92 Å². The van der Waals surface area contributed by atoms with Gasteiger partial charge in [-0.15, -0.1) is 0 Å². The summed E-state index contributed by atoms with van der Waals surface area (Å²) in [4.78, 5) is 2.22. The van der Waals surface area contributed by atoms with E-state index in [4.69, 9.17) is 11.6 Å². The van der Waals surface area contributed by atoms with Gasteiger partial charge in [-0.05, 0) is 30.0 Å². The van der Waals surface area contributed by atoms with E-state index in [1.54, 1.807) is 11.8 Å². The van der Waals surface area contributed by atoms with Crippen molar-refractivity contribution >= 4 is 23.4 Å². The zero-order valence-corrected chi connectivity index (χ0v) is 7.88. The zero-order valence-electron chi connectivity index (χ0n) is 6.30. The van der Waals surface area contributed by atoms with Gasteiger partial charge in [-0.1, -0.05) is 36.0 Å². The molecular formula is C9H9ClS. The predicted molar refractivity (Wildman–Crippen MR) is 52.1 cm³/mol. The fourth-order valence-corrected chi connectivity index (χ4v) is 1.72. The van der Waals surface area contributed by atoms with Gasteiger partial charge in [-0.3, -0.25) is 0 Å². The Balaban J connectivity index is 2.79. The van der Waals surface area contributed by atoms with E-state index in [2.05, 4.69) is 6.58 Å². The van der Waals surface area contributed by atoms with Gasteiger partial charge in [0.15, 0.2) is 0 Å². The Labute approximate surface area is 76.3 Å². The maximum Gasteiger partial charge on any atom is 0.0417 e. The summed E-state index contributed by atoms with van der Waals surface area (Å²) in [7, 11) is 0. The first-order valence-electron chi connectivity index (χ1n) is 3.27. The molecular weight excluding hydrogens is 176 g/mol. The van der Waals surface area contributed by atoms with Crippen LogP contribution >= 0.6 is 23.4 Å². The van der Waals surface area contributed by atoms with E-state index in [0.29, 0.717) is 0 Å². The molecule has 0 unspecified atom stereocenters. The van der Waals surface area contributed by atoms with Crippen molar-refractivity contribution in [3.05, 3.63) is 40.8 Å². The van der Waals surface area contributed by atoms with Crippen LogP contribution in [0.2, 0.25) is 5.02 Å². The van der Waals surface area contributed by atoms with Crippen LogP contribution in [0.4, 0.5) is 0 Å². The lowest BCUT2D eigenvalue weighted by molar-refractivity contribution is 1.46. The molecule has 0 heterocycles. The number of halogens is 1. The fraction of sp³-hybridized carbons (Fsp3) is 0.111. The minimum Gasteiger partial charge on any atom is -0.0954 e. The molecule has 0 nitrogen and oxygen atoms in total. The van der Waals surface area contributed by atoms with Gasteiger partial charge in [-0.2, -0.15) is 0 Å². The number of rotatable bonds is 2. The molecule has 0 bridgehead atoms. The molecule has 0 spiro atoms. The highest BCUT2D eigenvalue weighted by molar-refractivity contribution is 8.03. The van der Waals surface area contributed by atoms with Crippen LogP contribution in [0.15, 0.2) is 40.6 Å². The molecule has 0 saturated carbocycles. The molecule has 0 aromatic heterocycles. The summed E-state index contributed by atoms with van der Waals surface area (Å²) < 4.78 is 0. The number of thioether (sulfide) groups is 1. The molecule has 0 radical (unpaired) electrons. The number of allylic oxidation sites excluding steroid dienone is 1. The maximum absolute atomic E-state index is 5.79. The van der Waals surface area contributed by atoms with E-state index in [9.17, 15) is 0 Å². The summed E-state index contributed by atoms with van der Waals surface area (Å²) in [6.07, 6.45) is 0. The summed E-state index contributed by atoms with van der Waals surface area (Å²) in [6.45, 7) is 5.78. The Hall–Kier alpha value is -0.400. The molecule has 1 rings (SSSR count). The summed E-state index contributed by atoms with van der Waals surface area (Å²) in [6, 6.07) is 7.75. The second kappa shape index (κ2) is 3.84. The fourth-order valence-electron chi connectivity index (χ4n) is 0.732. The maximum atomic E-state index is 5.79. The predicted octanol–water partition coefficient (Wildman–Crippen LogP) is 3.97. The van der Waals surface area contributed by atoms with E-state index in [0.717, 1.165) is 14.8 Å². The average Bonchev–Trinajstić information content (AvgIpc) is 1.85.